The maximum atomic E-state index is 13.1. The molecule has 92 valence electrons. The van der Waals surface area contributed by atoms with Gasteiger partial charge in [-0.2, -0.15) is 0 Å². The summed E-state index contributed by atoms with van der Waals surface area (Å²) in [6, 6.07) is 6.20. The van der Waals surface area contributed by atoms with Gasteiger partial charge in [0.1, 0.15) is 11.4 Å². The fraction of sp³-hybridized carbons (Fsp3) is 0.167. The van der Waals surface area contributed by atoms with E-state index in [1.54, 1.807) is 12.1 Å². The first-order valence-corrected chi connectivity index (χ1v) is 6.35. The van der Waals surface area contributed by atoms with Gasteiger partial charge < -0.3 is 9.73 Å². The van der Waals surface area contributed by atoms with Crippen LogP contribution >= 0.6 is 11.3 Å². The van der Waals surface area contributed by atoms with Gasteiger partial charge in [0.2, 0.25) is 5.13 Å². The van der Waals surface area contributed by atoms with Crippen LogP contribution in [0.3, 0.4) is 0 Å². The standard InChI is InChI=1S/C12H10FN3OS/c1-2-14-12-16-15-11(18-12)10-6-7-5-8(13)3-4-9(7)17-10/h3-6H,2H2,1H3,(H,14,16). The van der Waals surface area contributed by atoms with Gasteiger partial charge in [0.15, 0.2) is 10.8 Å². The summed E-state index contributed by atoms with van der Waals surface area (Å²) in [4.78, 5) is 0. The average molecular weight is 263 g/mol. The molecule has 0 aliphatic heterocycles. The van der Waals surface area contributed by atoms with E-state index in [1.165, 1.54) is 23.5 Å². The second-order valence-corrected chi connectivity index (χ2v) is 4.71. The highest BCUT2D eigenvalue weighted by molar-refractivity contribution is 7.18. The van der Waals surface area contributed by atoms with Crippen molar-refractivity contribution in [1.29, 1.82) is 0 Å². The van der Waals surface area contributed by atoms with Gasteiger partial charge in [-0.25, -0.2) is 4.39 Å². The maximum Gasteiger partial charge on any atom is 0.206 e. The minimum Gasteiger partial charge on any atom is -0.453 e. The molecule has 0 amide bonds. The van der Waals surface area contributed by atoms with Gasteiger partial charge in [-0.3, -0.25) is 0 Å². The van der Waals surface area contributed by atoms with Crippen molar-refractivity contribution >= 4 is 27.4 Å². The number of aromatic nitrogens is 2. The van der Waals surface area contributed by atoms with Gasteiger partial charge >= 0.3 is 0 Å². The number of nitrogens with one attached hydrogen (secondary N) is 1. The number of nitrogens with zero attached hydrogens (tertiary/aromatic N) is 2. The fourth-order valence-electron chi connectivity index (χ4n) is 1.67. The minimum atomic E-state index is -0.277. The molecule has 1 aromatic carbocycles. The van der Waals surface area contributed by atoms with Crippen molar-refractivity contribution < 1.29 is 8.81 Å². The highest BCUT2D eigenvalue weighted by Gasteiger charge is 2.11. The van der Waals surface area contributed by atoms with Crippen LogP contribution in [-0.4, -0.2) is 16.7 Å². The number of furan rings is 1. The molecule has 1 N–H and O–H groups in total. The predicted octanol–water partition coefficient (Wildman–Crippen LogP) is 3.52. The summed E-state index contributed by atoms with van der Waals surface area (Å²) in [5, 5.41) is 13.3. The molecule has 3 rings (SSSR count). The van der Waals surface area contributed by atoms with Crippen LogP contribution in [0.2, 0.25) is 0 Å². The summed E-state index contributed by atoms with van der Waals surface area (Å²) in [5.41, 5.74) is 0.645. The van der Waals surface area contributed by atoms with E-state index in [4.69, 9.17) is 4.42 Å². The van der Waals surface area contributed by atoms with Crippen LogP contribution in [0.5, 0.6) is 0 Å². The third kappa shape index (κ3) is 1.95. The van der Waals surface area contributed by atoms with Gasteiger partial charge in [0, 0.05) is 11.9 Å². The zero-order valence-electron chi connectivity index (χ0n) is 9.61. The molecule has 0 unspecified atom stereocenters. The largest absolute Gasteiger partial charge is 0.453 e. The molecule has 0 atom stereocenters. The van der Waals surface area contributed by atoms with Crippen LogP contribution in [0.25, 0.3) is 21.7 Å². The molecular formula is C12H10FN3OS. The Hall–Kier alpha value is -1.95. The zero-order valence-corrected chi connectivity index (χ0v) is 10.4. The van der Waals surface area contributed by atoms with Crippen molar-refractivity contribution in [1.82, 2.24) is 10.2 Å². The first kappa shape index (κ1) is 11.2. The van der Waals surface area contributed by atoms with E-state index in [-0.39, 0.29) is 5.82 Å². The monoisotopic (exact) mass is 263 g/mol. The Morgan fingerprint density at radius 1 is 1.33 bits per heavy atom. The summed E-state index contributed by atoms with van der Waals surface area (Å²) in [5.74, 6) is 0.331. The van der Waals surface area contributed by atoms with Gasteiger partial charge in [-0.1, -0.05) is 11.3 Å². The van der Waals surface area contributed by atoms with Crippen molar-refractivity contribution in [2.24, 2.45) is 0 Å². The number of rotatable bonds is 3. The summed E-state index contributed by atoms with van der Waals surface area (Å²) in [6.07, 6.45) is 0. The molecular weight excluding hydrogens is 253 g/mol. The lowest BCUT2D eigenvalue weighted by Gasteiger charge is -1.91. The Balaban J connectivity index is 2.02. The van der Waals surface area contributed by atoms with Crippen molar-refractivity contribution in [3.05, 3.63) is 30.1 Å². The molecule has 0 saturated carbocycles. The maximum absolute atomic E-state index is 13.1. The van der Waals surface area contributed by atoms with Crippen LogP contribution in [-0.2, 0) is 0 Å². The van der Waals surface area contributed by atoms with Crippen LogP contribution < -0.4 is 5.32 Å². The highest BCUT2D eigenvalue weighted by atomic mass is 32.1. The summed E-state index contributed by atoms with van der Waals surface area (Å²) < 4.78 is 18.7. The van der Waals surface area contributed by atoms with Crippen LogP contribution in [0.4, 0.5) is 9.52 Å². The lowest BCUT2D eigenvalue weighted by Crippen LogP contribution is -1.94. The minimum absolute atomic E-state index is 0.277. The molecule has 0 spiro atoms. The summed E-state index contributed by atoms with van der Waals surface area (Å²) >= 11 is 1.41. The fourth-order valence-corrected chi connectivity index (χ4v) is 2.43. The van der Waals surface area contributed by atoms with Gasteiger partial charge in [-0.15, -0.1) is 10.2 Å². The average Bonchev–Trinajstić information content (AvgIpc) is 2.94. The summed E-state index contributed by atoms with van der Waals surface area (Å²) in [7, 11) is 0. The molecule has 3 aromatic rings. The van der Waals surface area contributed by atoms with Gasteiger partial charge in [0.05, 0.1) is 0 Å². The van der Waals surface area contributed by atoms with Gasteiger partial charge in [0.25, 0.3) is 0 Å². The Bertz CT molecular complexity index is 692. The number of fused-ring (bicyclic) bond motifs is 1. The lowest BCUT2D eigenvalue weighted by molar-refractivity contribution is 0.618. The van der Waals surface area contributed by atoms with Crippen molar-refractivity contribution in [3.63, 3.8) is 0 Å². The molecule has 0 fully saturated rings. The van der Waals surface area contributed by atoms with E-state index in [9.17, 15) is 4.39 Å². The lowest BCUT2D eigenvalue weighted by atomic mass is 10.2. The summed E-state index contributed by atoms with van der Waals surface area (Å²) in [6.45, 7) is 2.78. The number of halogens is 1. The van der Waals surface area contributed by atoms with E-state index < -0.39 is 0 Å². The third-order valence-electron chi connectivity index (χ3n) is 2.44. The van der Waals surface area contributed by atoms with Crippen molar-refractivity contribution in [3.8, 4) is 10.8 Å². The van der Waals surface area contributed by atoms with Crippen LogP contribution in [0, 0.1) is 5.82 Å². The predicted molar refractivity (Wildman–Crippen MR) is 69.2 cm³/mol. The molecule has 0 radical (unpaired) electrons. The molecule has 2 heterocycles. The first-order chi connectivity index (χ1) is 8.76. The molecule has 6 heteroatoms. The van der Waals surface area contributed by atoms with Crippen LogP contribution in [0.1, 0.15) is 6.92 Å². The number of benzene rings is 1. The highest BCUT2D eigenvalue weighted by Crippen LogP contribution is 2.31. The van der Waals surface area contributed by atoms with Gasteiger partial charge in [-0.05, 0) is 31.2 Å². The number of anilines is 1. The zero-order chi connectivity index (χ0) is 12.5. The normalized spacial score (nSPS) is 11.0. The molecule has 18 heavy (non-hydrogen) atoms. The first-order valence-electron chi connectivity index (χ1n) is 5.53. The Morgan fingerprint density at radius 3 is 3.06 bits per heavy atom. The molecule has 0 aliphatic carbocycles. The van der Waals surface area contributed by atoms with E-state index in [0.29, 0.717) is 16.4 Å². The Labute approximate surface area is 106 Å². The van der Waals surface area contributed by atoms with Crippen molar-refractivity contribution in [2.75, 3.05) is 11.9 Å². The van der Waals surface area contributed by atoms with Crippen molar-refractivity contribution in [2.45, 2.75) is 6.92 Å². The van der Waals surface area contributed by atoms with E-state index in [1.807, 2.05) is 6.92 Å². The number of hydrogen-bond acceptors (Lipinski definition) is 5. The second-order valence-electron chi connectivity index (χ2n) is 3.74. The Kier molecular flexibility index (Phi) is 2.71. The second kappa shape index (κ2) is 4.38. The third-order valence-corrected chi connectivity index (χ3v) is 3.34. The quantitative estimate of drug-likeness (QED) is 0.785. The van der Waals surface area contributed by atoms with E-state index in [0.717, 1.165) is 17.1 Å². The van der Waals surface area contributed by atoms with E-state index >= 15 is 0 Å². The molecule has 0 aliphatic rings. The van der Waals surface area contributed by atoms with Crippen LogP contribution in [0.15, 0.2) is 28.7 Å². The Morgan fingerprint density at radius 2 is 2.22 bits per heavy atom. The molecule has 2 aromatic heterocycles. The topological polar surface area (TPSA) is 51.0 Å². The SMILES string of the molecule is CCNc1nnc(-c2cc3cc(F)ccc3o2)s1. The molecule has 4 nitrogen and oxygen atoms in total. The molecule has 0 bridgehead atoms. The number of hydrogen-bond donors (Lipinski definition) is 1. The smallest absolute Gasteiger partial charge is 0.206 e. The van der Waals surface area contributed by atoms with E-state index in [2.05, 4.69) is 15.5 Å². The molecule has 0 saturated heterocycles.